The molecule has 1 saturated heterocycles. The molecule has 1 aliphatic rings. The Balaban J connectivity index is 2.27. The molecule has 0 bridgehead atoms. The molecule has 0 saturated carbocycles. The molecule has 12 heavy (non-hydrogen) atoms. The van der Waals surface area contributed by atoms with Crippen molar-refractivity contribution in [3.05, 3.63) is 22.1 Å². The zero-order valence-corrected chi connectivity index (χ0v) is 7.13. The number of rotatable bonds is 1. The lowest BCUT2D eigenvalue weighted by molar-refractivity contribution is 0.604. The fourth-order valence-corrected chi connectivity index (χ4v) is 1.64. The molecule has 1 aromatic heterocycles. The number of H-pyrrole nitrogens is 1. The first-order chi connectivity index (χ1) is 5.77. The molecule has 0 radical (unpaired) electrons. The van der Waals surface area contributed by atoms with Crippen molar-refractivity contribution in [2.75, 3.05) is 6.54 Å². The zero-order valence-electron chi connectivity index (χ0n) is 7.13. The summed E-state index contributed by atoms with van der Waals surface area (Å²) in [5.74, 6) is 0. The fourth-order valence-electron chi connectivity index (χ4n) is 1.64. The molecular weight excluding hydrogens is 154 g/mol. The van der Waals surface area contributed by atoms with Crippen LogP contribution in [0.2, 0.25) is 0 Å². The molecule has 1 atom stereocenters. The normalized spacial score (nSPS) is 23.2. The van der Waals surface area contributed by atoms with Gasteiger partial charge >= 0.3 is 0 Å². The lowest BCUT2D eigenvalue weighted by Crippen LogP contribution is -2.13. The largest absolute Gasteiger partial charge is 0.309 e. The number of hydrogen-bond donors (Lipinski definition) is 2. The number of hydrogen-bond acceptors (Lipinski definition) is 2. The molecule has 0 amide bonds. The summed E-state index contributed by atoms with van der Waals surface area (Å²) in [4.78, 5) is 11.1. The first kappa shape index (κ1) is 7.61. The van der Waals surface area contributed by atoms with E-state index in [2.05, 4.69) is 10.4 Å². The van der Waals surface area contributed by atoms with E-state index in [9.17, 15) is 4.79 Å². The summed E-state index contributed by atoms with van der Waals surface area (Å²) in [5, 5.41) is 6.36. The van der Waals surface area contributed by atoms with Crippen LogP contribution in [0.15, 0.2) is 10.9 Å². The first-order valence-electron chi connectivity index (χ1n) is 4.27. The average Bonchev–Trinajstić information content (AvgIpc) is 2.61. The van der Waals surface area contributed by atoms with Gasteiger partial charge in [-0.3, -0.25) is 14.6 Å². The second kappa shape index (κ2) is 2.79. The standard InChI is InChI=1S/C8H13N3O/c1-11-8(12)5-7(10-11)6-3-2-4-9-6/h5-6,9-10H,2-4H2,1H3/t6-/m1/s1. The topological polar surface area (TPSA) is 49.8 Å². The molecule has 4 nitrogen and oxygen atoms in total. The van der Waals surface area contributed by atoms with Gasteiger partial charge in [-0.15, -0.1) is 0 Å². The maximum absolute atomic E-state index is 11.1. The Morgan fingerprint density at radius 3 is 3.00 bits per heavy atom. The summed E-state index contributed by atoms with van der Waals surface area (Å²) in [7, 11) is 1.74. The molecule has 0 aromatic carbocycles. The van der Waals surface area contributed by atoms with E-state index in [-0.39, 0.29) is 5.56 Å². The highest BCUT2D eigenvalue weighted by molar-refractivity contribution is 5.07. The third kappa shape index (κ3) is 1.18. The maximum atomic E-state index is 11.1. The lowest BCUT2D eigenvalue weighted by atomic mass is 10.2. The van der Waals surface area contributed by atoms with Gasteiger partial charge in [0.1, 0.15) is 0 Å². The Morgan fingerprint density at radius 2 is 2.50 bits per heavy atom. The van der Waals surface area contributed by atoms with Crippen molar-refractivity contribution in [1.82, 2.24) is 15.1 Å². The van der Waals surface area contributed by atoms with Crippen molar-refractivity contribution in [3.63, 3.8) is 0 Å². The highest BCUT2D eigenvalue weighted by Crippen LogP contribution is 2.19. The van der Waals surface area contributed by atoms with Crippen LogP contribution in [-0.2, 0) is 7.05 Å². The number of aromatic nitrogens is 2. The van der Waals surface area contributed by atoms with Gasteiger partial charge in [0.25, 0.3) is 5.56 Å². The third-order valence-corrected chi connectivity index (χ3v) is 2.34. The maximum Gasteiger partial charge on any atom is 0.266 e. The number of nitrogens with one attached hydrogen (secondary N) is 2. The SMILES string of the molecule is Cn1[nH]c([C@H]2CCCN2)cc1=O. The van der Waals surface area contributed by atoms with Crippen LogP contribution < -0.4 is 10.9 Å². The van der Waals surface area contributed by atoms with Crippen LogP contribution in [0.1, 0.15) is 24.6 Å². The molecule has 1 aromatic rings. The van der Waals surface area contributed by atoms with Crippen LogP contribution >= 0.6 is 0 Å². The van der Waals surface area contributed by atoms with Crippen molar-refractivity contribution < 1.29 is 0 Å². The van der Waals surface area contributed by atoms with Gasteiger partial charge < -0.3 is 5.32 Å². The van der Waals surface area contributed by atoms with E-state index >= 15 is 0 Å². The Labute approximate surface area is 70.6 Å². The number of aromatic amines is 1. The monoisotopic (exact) mass is 167 g/mol. The van der Waals surface area contributed by atoms with Crippen LogP contribution in [0.4, 0.5) is 0 Å². The van der Waals surface area contributed by atoms with Crippen LogP contribution in [-0.4, -0.2) is 16.3 Å². The van der Waals surface area contributed by atoms with E-state index in [0.29, 0.717) is 6.04 Å². The lowest BCUT2D eigenvalue weighted by Gasteiger charge is -2.05. The van der Waals surface area contributed by atoms with Gasteiger partial charge in [-0.05, 0) is 19.4 Å². The van der Waals surface area contributed by atoms with Crippen LogP contribution in [0, 0.1) is 0 Å². The van der Waals surface area contributed by atoms with Gasteiger partial charge in [-0.1, -0.05) is 0 Å². The smallest absolute Gasteiger partial charge is 0.266 e. The van der Waals surface area contributed by atoms with Crippen molar-refractivity contribution >= 4 is 0 Å². The van der Waals surface area contributed by atoms with E-state index in [1.54, 1.807) is 13.1 Å². The molecule has 66 valence electrons. The van der Waals surface area contributed by atoms with Crippen LogP contribution in [0.25, 0.3) is 0 Å². The molecular formula is C8H13N3O. The second-order valence-corrected chi connectivity index (χ2v) is 3.26. The minimum absolute atomic E-state index is 0.0405. The van der Waals surface area contributed by atoms with E-state index in [1.807, 2.05) is 0 Å². The van der Waals surface area contributed by atoms with Gasteiger partial charge in [-0.2, -0.15) is 0 Å². The van der Waals surface area contributed by atoms with Gasteiger partial charge in [0.2, 0.25) is 0 Å². The number of aryl methyl sites for hydroxylation is 1. The zero-order chi connectivity index (χ0) is 8.55. The van der Waals surface area contributed by atoms with Gasteiger partial charge in [-0.25, -0.2) is 0 Å². The predicted octanol–water partition coefficient (Wildman–Crippen LogP) is 0.138. The van der Waals surface area contributed by atoms with Gasteiger partial charge in [0.15, 0.2) is 0 Å². The van der Waals surface area contributed by atoms with Gasteiger partial charge in [0, 0.05) is 19.2 Å². The fraction of sp³-hybridized carbons (Fsp3) is 0.625. The molecule has 2 N–H and O–H groups in total. The Hall–Kier alpha value is -1.03. The Bertz CT molecular complexity index is 319. The van der Waals surface area contributed by atoms with E-state index in [0.717, 1.165) is 18.7 Å². The highest BCUT2D eigenvalue weighted by atomic mass is 16.1. The molecule has 0 spiro atoms. The van der Waals surface area contributed by atoms with Crippen molar-refractivity contribution in [2.45, 2.75) is 18.9 Å². The summed E-state index contributed by atoms with van der Waals surface area (Å²) < 4.78 is 1.51. The molecule has 2 heterocycles. The van der Waals surface area contributed by atoms with Crippen molar-refractivity contribution in [2.24, 2.45) is 7.05 Å². The summed E-state index contributed by atoms with van der Waals surface area (Å²) in [6.07, 6.45) is 2.32. The summed E-state index contributed by atoms with van der Waals surface area (Å²) in [5.41, 5.74) is 1.05. The highest BCUT2D eigenvalue weighted by Gasteiger charge is 2.17. The summed E-state index contributed by atoms with van der Waals surface area (Å²) in [6.45, 7) is 1.06. The second-order valence-electron chi connectivity index (χ2n) is 3.26. The van der Waals surface area contributed by atoms with Crippen LogP contribution in [0.3, 0.4) is 0 Å². The quantitative estimate of drug-likeness (QED) is 0.625. The molecule has 0 unspecified atom stereocenters. The number of nitrogens with zero attached hydrogens (tertiary/aromatic N) is 1. The Morgan fingerprint density at radius 1 is 1.67 bits per heavy atom. The molecule has 0 aliphatic carbocycles. The van der Waals surface area contributed by atoms with E-state index < -0.39 is 0 Å². The van der Waals surface area contributed by atoms with Crippen LogP contribution in [0.5, 0.6) is 0 Å². The van der Waals surface area contributed by atoms with E-state index in [4.69, 9.17) is 0 Å². The third-order valence-electron chi connectivity index (χ3n) is 2.34. The first-order valence-corrected chi connectivity index (χ1v) is 4.27. The average molecular weight is 167 g/mol. The molecule has 1 aliphatic heterocycles. The predicted molar refractivity (Wildman–Crippen MR) is 46.0 cm³/mol. The summed E-state index contributed by atoms with van der Waals surface area (Å²) in [6, 6.07) is 2.03. The molecule has 1 fully saturated rings. The van der Waals surface area contributed by atoms with Crippen molar-refractivity contribution in [3.8, 4) is 0 Å². The minimum atomic E-state index is 0.0405. The van der Waals surface area contributed by atoms with Crippen molar-refractivity contribution in [1.29, 1.82) is 0 Å². The minimum Gasteiger partial charge on any atom is -0.309 e. The Kier molecular flexibility index (Phi) is 1.77. The van der Waals surface area contributed by atoms with E-state index in [1.165, 1.54) is 11.1 Å². The molecule has 4 heteroatoms. The molecule has 2 rings (SSSR count). The van der Waals surface area contributed by atoms with Gasteiger partial charge in [0.05, 0.1) is 5.69 Å². The summed E-state index contributed by atoms with van der Waals surface area (Å²) >= 11 is 0.